The van der Waals surface area contributed by atoms with Gasteiger partial charge in [0.25, 0.3) is 0 Å². The van der Waals surface area contributed by atoms with Crippen LogP contribution in [0.2, 0.25) is 10.0 Å². The second kappa shape index (κ2) is 13.0. The summed E-state index contributed by atoms with van der Waals surface area (Å²) < 4.78 is 12.9. The smallest absolute Gasteiger partial charge is 0.355 e. The zero-order chi connectivity index (χ0) is 27.8. The molecule has 39 heavy (non-hydrogen) atoms. The molecule has 0 aliphatic heterocycles. The largest absolute Gasteiger partial charge is 0.497 e. The molecule has 4 aromatic rings. The topological polar surface area (TPSA) is 142 Å². The molecule has 0 aliphatic carbocycles. The molecular weight excluding hydrogens is 545 g/mol. The summed E-state index contributed by atoms with van der Waals surface area (Å²) in [7, 11) is 1.58. The molecule has 0 bridgehead atoms. The number of anilines is 1. The van der Waals surface area contributed by atoms with E-state index >= 15 is 0 Å². The van der Waals surface area contributed by atoms with Gasteiger partial charge in [0.1, 0.15) is 18.1 Å². The van der Waals surface area contributed by atoms with E-state index < -0.39 is 11.4 Å². The van der Waals surface area contributed by atoms with E-state index in [4.69, 9.17) is 38.1 Å². The van der Waals surface area contributed by atoms with Gasteiger partial charge in [-0.3, -0.25) is 4.57 Å². The third-order valence-electron chi connectivity index (χ3n) is 5.61. The van der Waals surface area contributed by atoms with Crippen LogP contribution in [-0.2, 0) is 19.6 Å². The van der Waals surface area contributed by atoms with E-state index in [-0.39, 0.29) is 25.0 Å². The number of methoxy groups -OCH3 is 1. The average Bonchev–Trinajstić information content (AvgIpc) is 3.43. The predicted molar refractivity (Wildman–Crippen MR) is 151 cm³/mol. The number of nitrogens with two attached hydrogens (primary N) is 1. The van der Waals surface area contributed by atoms with E-state index in [0.29, 0.717) is 46.8 Å². The van der Waals surface area contributed by atoms with Crippen molar-refractivity contribution < 1.29 is 9.15 Å². The minimum absolute atomic E-state index is 0.0436. The van der Waals surface area contributed by atoms with Crippen LogP contribution < -0.4 is 32.5 Å². The molecule has 0 spiro atoms. The first-order valence-corrected chi connectivity index (χ1v) is 12.7. The van der Waals surface area contributed by atoms with Crippen molar-refractivity contribution in [1.82, 2.24) is 19.4 Å². The Balaban J connectivity index is 1.54. The molecule has 11 nitrogen and oxygen atoms in total. The Morgan fingerprint density at radius 3 is 2.41 bits per heavy atom. The SMILES string of the molecule is COc1ccc(Cn2c(NCCNC(N)=NCc3ccco3)nc(=O)n(Cc3cc(Cl)cc(Cl)c3)c2=O)cc1. The Bertz CT molecular complexity index is 1530. The van der Waals surface area contributed by atoms with E-state index in [1.807, 2.05) is 12.1 Å². The highest BCUT2D eigenvalue weighted by atomic mass is 35.5. The number of aliphatic imine (C=N–C) groups is 1. The number of hydrogen-bond acceptors (Lipinski definition) is 7. The molecule has 2 heterocycles. The zero-order valence-corrected chi connectivity index (χ0v) is 22.6. The van der Waals surface area contributed by atoms with Crippen LogP contribution >= 0.6 is 23.2 Å². The van der Waals surface area contributed by atoms with Gasteiger partial charge in [0.2, 0.25) is 5.95 Å². The van der Waals surface area contributed by atoms with Crippen LogP contribution in [0.3, 0.4) is 0 Å². The molecule has 0 fully saturated rings. The molecule has 2 aromatic carbocycles. The fourth-order valence-electron chi connectivity index (χ4n) is 3.73. The van der Waals surface area contributed by atoms with Gasteiger partial charge in [0.05, 0.1) is 26.5 Å². The highest BCUT2D eigenvalue weighted by Crippen LogP contribution is 2.19. The van der Waals surface area contributed by atoms with Crippen molar-refractivity contribution in [3.8, 4) is 5.75 Å². The minimum Gasteiger partial charge on any atom is -0.497 e. The number of hydrogen-bond donors (Lipinski definition) is 3. The monoisotopic (exact) mass is 571 g/mol. The Hall–Kier alpha value is -4.22. The normalized spacial score (nSPS) is 11.4. The van der Waals surface area contributed by atoms with Crippen molar-refractivity contribution >= 4 is 35.1 Å². The third-order valence-corrected chi connectivity index (χ3v) is 6.05. The molecule has 204 valence electrons. The van der Waals surface area contributed by atoms with Gasteiger partial charge in [-0.2, -0.15) is 4.98 Å². The summed E-state index contributed by atoms with van der Waals surface area (Å²) in [4.78, 5) is 34.8. The van der Waals surface area contributed by atoms with Crippen LogP contribution in [-0.4, -0.2) is 40.3 Å². The molecule has 0 saturated heterocycles. The molecule has 4 N–H and O–H groups in total. The fraction of sp³-hybridized carbons (Fsp3) is 0.231. The Labute approximate surface area is 233 Å². The number of furan rings is 1. The molecule has 0 amide bonds. The van der Waals surface area contributed by atoms with Gasteiger partial charge in [0, 0.05) is 23.1 Å². The van der Waals surface area contributed by atoms with Crippen molar-refractivity contribution in [2.24, 2.45) is 10.7 Å². The van der Waals surface area contributed by atoms with Gasteiger partial charge >= 0.3 is 11.4 Å². The number of guanidine groups is 1. The zero-order valence-electron chi connectivity index (χ0n) is 21.1. The molecule has 0 atom stereocenters. The molecule has 4 rings (SSSR count). The molecule has 0 aliphatic rings. The van der Waals surface area contributed by atoms with E-state index in [1.54, 1.807) is 55.8 Å². The maximum absolute atomic E-state index is 13.5. The van der Waals surface area contributed by atoms with Crippen LogP contribution in [0.25, 0.3) is 0 Å². The molecule has 13 heteroatoms. The Kier molecular flexibility index (Phi) is 9.29. The summed E-state index contributed by atoms with van der Waals surface area (Å²) in [5.41, 5.74) is 6.06. The molecule has 0 radical (unpaired) electrons. The van der Waals surface area contributed by atoms with Crippen LogP contribution in [0.1, 0.15) is 16.9 Å². The van der Waals surface area contributed by atoms with Crippen LogP contribution in [0, 0.1) is 0 Å². The summed E-state index contributed by atoms with van der Waals surface area (Å²) in [6.07, 6.45) is 1.56. The lowest BCUT2D eigenvalue weighted by Gasteiger charge is -2.16. The quantitative estimate of drug-likeness (QED) is 0.142. The second-order valence-corrected chi connectivity index (χ2v) is 9.31. The second-order valence-electron chi connectivity index (χ2n) is 8.43. The van der Waals surface area contributed by atoms with Crippen molar-refractivity contribution in [2.45, 2.75) is 19.6 Å². The number of aromatic nitrogens is 3. The van der Waals surface area contributed by atoms with Crippen LogP contribution in [0.5, 0.6) is 5.75 Å². The highest BCUT2D eigenvalue weighted by molar-refractivity contribution is 6.34. The molecule has 0 unspecified atom stereocenters. The molecule has 2 aromatic heterocycles. The number of benzene rings is 2. The number of nitrogens with one attached hydrogen (secondary N) is 2. The van der Waals surface area contributed by atoms with Crippen molar-refractivity contribution in [3.63, 3.8) is 0 Å². The highest BCUT2D eigenvalue weighted by Gasteiger charge is 2.15. The maximum atomic E-state index is 13.5. The lowest BCUT2D eigenvalue weighted by Crippen LogP contribution is -2.44. The number of rotatable bonds is 11. The maximum Gasteiger partial charge on any atom is 0.355 e. The van der Waals surface area contributed by atoms with E-state index in [0.717, 1.165) is 10.1 Å². The van der Waals surface area contributed by atoms with Gasteiger partial charge in [-0.1, -0.05) is 35.3 Å². The van der Waals surface area contributed by atoms with E-state index in [1.165, 1.54) is 4.57 Å². The first kappa shape index (κ1) is 27.8. The number of halogens is 2. The summed E-state index contributed by atoms with van der Waals surface area (Å²) in [5.74, 6) is 1.72. The van der Waals surface area contributed by atoms with Crippen molar-refractivity contribution in [2.75, 3.05) is 25.5 Å². The van der Waals surface area contributed by atoms with Gasteiger partial charge < -0.3 is 25.5 Å². The van der Waals surface area contributed by atoms with Gasteiger partial charge in [-0.15, -0.1) is 0 Å². The Morgan fingerprint density at radius 2 is 1.74 bits per heavy atom. The molecular formula is C26H27Cl2N7O4. The van der Waals surface area contributed by atoms with Crippen molar-refractivity contribution in [1.29, 1.82) is 0 Å². The van der Waals surface area contributed by atoms with Crippen molar-refractivity contribution in [3.05, 3.63) is 109 Å². The summed E-state index contributed by atoms with van der Waals surface area (Å²) in [6.45, 7) is 1.08. The lowest BCUT2D eigenvalue weighted by atomic mass is 10.2. The predicted octanol–water partition coefficient (Wildman–Crippen LogP) is 2.93. The van der Waals surface area contributed by atoms with Gasteiger partial charge in [-0.25, -0.2) is 19.1 Å². The van der Waals surface area contributed by atoms with Gasteiger partial charge in [0.15, 0.2) is 5.96 Å². The summed E-state index contributed by atoms with van der Waals surface area (Å²) in [5, 5.41) is 6.82. The number of nitrogens with zero attached hydrogens (tertiary/aromatic N) is 4. The fourth-order valence-corrected chi connectivity index (χ4v) is 4.30. The molecule has 0 saturated carbocycles. The third kappa shape index (κ3) is 7.65. The summed E-state index contributed by atoms with van der Waals surface area (Å²) >= 11 is 12.2. The first-order valence-electron chi connectivity index (χ1n) is 11.9. The summed E-state index contributed by atoms with van der Waals surface area (Å²) in [6, 6.07) is 15.7. The lowest BCUT2D eigenvalue weighted by molar-refractivity contribution is 0.414. The minimum atomic E-state index is -0.711. The Morgan fingerprint density at radius 1 is 1.03 bits per heavy atom. The first-order chi connectivity index (χ1) is 18.8. The van der Waals surface area contributed by atoms with Crippen LogP contribution in [0.4, 0.5) is 5.95 Å². The van der Waals surface area contributed by atoms with E-state index in [2.05, 4.69) is 20.6 Å². The van der Waals surface area contributed by atoms with E-state index in [9.17, 15) is 9.59 Å². The van der Waals surface area contributed by atoms with Crippen LogP contribution in [0.15, 0.2) is 79.9 Å². The average molecular weight is 572 g/mol. The van der Waals surface area contributed by atoms with Gasteiger partial charge in [-0.05, 0) is 53.6 Å². The standard InChI is InChI=1S/C26H27Cl2N7O4/c1-38-21-6-4-17(5-7-21)15-34-24(31-9-8-30-23(29)32-14-22-3-2-10-39-22)33-25(36)35(26(34)37)16-18-11-19(27)13-20(28)12-18/h2-7,10-13H,8-9,14-16H2,1H3,(H3,29,30,32)(H,31,33,36). The number of ether oxygens (including phenoxy) is 1.